The van der Waals surface area contributed by atoms with Crippen LogP contribution < -0.4 is 0 Å². The standard InChI is InChI=1S/C22H27F/c1-5-6-17-15-22(4)19(11-12-21(22,2)3)14-18(17)13-16-7-9-20(23)10-8-16/h5-10,14H,11-13,15H2,1-4H3/b6-5-. The van der Waals surface area contributed by atoms with Crippen LogP contribution >= 0.6 is 0 Å². The molecule has 0 N–H and O–H groups in total. The molecule has 0 aliphatic heterocycles. The number of rotatable bonds is 3. The van der Waals surface area contributed by atoms with Gasteiger partial charge in [-0.1, -0.05) is 56.7 Å². The summed E-state index contributed by atoms with van der Waals surface area (Å²) in [4.78, 5) is 0. The van der Waals surface area contributed by atoms with Crippen LogP contribution in [0.5, 0.6) is 0 Å². The monoisotopic (exact) mass is 310 g/mol. The van der Waals surface area contributed by atoms with Crippen LogP contribution in [0.3, 0.4) is 0 Å². The smallest absolute Gasteiger partial charge is 0.123 e. The predicted octanol–water partition coefficient (Wildman–Crippen LogP) is 6.40. The second kappa shape index (κ2) is 5.78. The van der Waals surface area contributed by atoms with Crippen molar-refractivity contribution in [2.45, 2.75) is 53.4 Å². The SMILES string of the molecule is C/C=C\C1=C(Cc2ccc(F)cc2)C=C2CCC(C)(C)C2(C)C1. The van der Waals surface area contributed by atoms with Gasteiger partial charge in [-0.15, -0.1) is 0 Å². The topological polar surface area (TPSA) is 0 Å². The minimum absolute atomic E-state index is 0.163. The van der Waals surface area contributed by atoms with Crippen LogP contribution in [-0.4, -0.2) is 0 Å². The molecule has 1 unspecified atom stereocenters. The van der Waals surface area contributed by atoms with Gasteiger partial charge in [0.2, 0.25) is 0 Å². The van der Waals surface area contributed by atoms with Gasteiger partial charge in [-0.3, -0.25) is 0 Å². The first-order valence-corrected chi connectivity index (χ1v) is 8.66. The predicted molar refractivity (Wildman–Crippen MR) is 95.8 cm³/mol. The molecule has 122 valence electrons. The van der Waals surface area contributed by atoms with Crippen molar-refractivity contribution in [3.8, 4) is 0 Å². The van der Waals surface area contributed by atoms with Crippen LogP contribution in [0.2, 0.25) is 0 Å². The first kappa shape index (κ1) is 16.2. The first-order chi connectivity index (χ1) is 10.9. The van der Waals surface area contributed by atoms with Crippen LogP contribution in [0, 0.1) is 16.6 Å². The summed E-state index contributed by atoms with van der Waals surface area (Å²) < 4.78 is 13.1. The van der Waals surface area contributed by atoms with Crippen molar-refractivity contribution in [1.29, 1.82) is 0 Å². The highest BCUT2D eigenvalue weighted by Gasteiger charge is 2.49. The lowest BCUT2D eigenvalue weighted by Gasteiger charge is -2.42. The molecule has 1 fully saturated rings. The Labute approximate surface area is 139 Å². The summed E-state index contributed by atoms with van der Waals surface area (Å²) in [5, 5.41) is 0. The molecule has 0 spiro atoms. The Balaban J connectivity index is 1.97. The Morgan fingerprint density at radius 1 is 1.13 bits per heavy atom. The van der Waals surface area contributed by atoms with Gasteiger partial charge in [-0.25, -0.2) is 4.39 Å². The van der Waals surface area contributed by atoms with E-state index in [9.17, 15) is 4.39 Å². The number of fused-ring (bicyclic) bond motifs is 1. The molecule has 0 amide bonds. The van der Waals surface area contributed by atoms with E-state index in [1.165, 1.54) is 29.6 Å². The number of hydrogen-bond acceptors (Lipinski definition) is 0. The molecule has 1 aromatic rings. The van der Waals surface area contributed by atoms with Gasteiger partial charge in [-0.05, 0) is 72.3 Å². The van der Waals surface area contributed by atoms with Gasteiger partial charge >= 0.3 is 0 Å². The Morgan fingerprint density at radius 2 is 1.83 bits per heavy atom. The molecule has 2 aliphatic rings. The molecule has 1 saturated carbocycles. The quantitative estimate of drug-likeness (QED) is 0.606. The van der Waals surface area contributed by atoms with E-state index < -0.39 is 0 Å². The van der Waals surface area contributed by atoms with Crippen LogP contribution in [0.25, 0.3) is 0 Å². The molecule has 0 saturated heterocycles. The van der Waals surface area contributed by atoms with Gasteiger partial charge in [0, 0.05) is 0 Å². The molecule has 3 rings (SSSR count). The number of hydrogen-bond donors (Lipinski definition) is 0. The van der Waals surface area contributed by atoms with Crippen LogP contribution in [0.15, 0.2) is 59.2 Å². The van der Waals surface area contributed by atoms with Gasteiger partial charge < -0.3 is 0 Å². The molecule has 0 aromatic heterocycles. The molecule has 23 heavy (non-hydrogen) atoms. The number of halogens is 1. The molecule has 1 heteroatoms. The van der Waals surface area contributed by atoms with Gasteiger partial charge in [0.15, 0.2) is 0 Å². The van der Waals surface area contributed by atoms with Gasteiger partial charge in [0.1, 0.15) is 5.82 Å². The van der Waals surface area contributed by atoms with Crippen molar-refractivity contribution in [2.75, 3.05) is 0 Å². The molecule has 0 heterocycles. The van der Waals surface area contributed by atoms with Crippen LogP contribution in [-0.2, 0) is 6.42 Å². The normalized spacial score (nSPS) is 26.6. The van der Waals surface area contributed by atoms with Crippen LogP contribution in [0.4, 0.5) is 4.39 Å². The Bertz CT molecular complexity index is 685. The minimum Gasteiger partial charge on any atom is -0.207 e. The third-order valence-electron chi connectivity index (χ3n) is 6.20. The van der Waals surface area contributed by atoms with Crippen molar-refractivity contribution in [3.63, 3.8) is 0 Å². The van der Waals surface area contributed by atoms with E-state index in [1.807, 2.05) is 12.1 Å². The van der Waals surface area contributed by atoms with Crippen LogP contribution in [0.1, 0.15) is 52.5 Å². The summed E-state index contributed by atoms with van der Waals surface area (Å²) >= 11 is 0. The Kier molecular flexibility index (Phi) is 4.08. The average molecular weight is 310 g/mol. The fourth-order valence-corrected chi connectivity index (χ4v) is 4.17. The van der Waals surface area contributed by atoms with Crippen molar-refractivity contribution in [3.05, 3.63) is 70.6 Å². The maximum Gasteiger partial charge on any atom is 0.123 e. The summed E-state index contributed by atoms with van der Waals surface area (Å²) in [6.45, 7) is 9.34. The van der Waals surface area contributed by atoms with Crippen molar-refractivity contribution in [1.82, 2.24) is 0 Å². The van der Waals surface area contributed by atoms with E-state index in [1.54, 1.807) is 17.7 Å². The van der Waals surface area contributed by atoms with Crippen molar-refractivity contribution >= 4 is 0 Å². The van der Waals surface area contributed by atoms with E-state index >= 15 is 0 Å². The second-order valence-corrected chi connectivity index (χ2v) is 7.92. The Hall–Kier alpha value is -1.63. The highest BCUT2D eigenvalue weighted by Crippen LogP contribution is 2.60. The summed E-state index contributed by atoms with van der Waals surface area (Å²) in [5.74, 6) is -0.163. The van der Waals surface area contributed by atoms with Gasteiger partial charge in [-0.2, -0.15) is 0 Å². The largest absolute Gasteiger partial charge is 0.207 e. The molecule has 0 nitrogen and oxygen atoms in total. The lowest BCUT2D eigenvalue weighted by molar-refractivity contribution is 0.164. The fourth-order valence-electron chi connectivity index (χ4n) is 4.17. The lowest BCUT2D eigenvalue weighted by Crippen LogP contribution is -2.33. The summed E-state index contributed by atoms with van der Waals surface area (Å²) in [7, 11) is 0. The molecule has 1 aromatic carbocycles. The average Bonchev–Trinajstić information content (AvgIpc) is 2.73. The highest BCUT2D eigenvalue weighted by molar-refractivity contribution is 5.47. The fraction of sp³-hybridized carbons (Fsp3) is 0.455. The van der Waals surface area contributed by atoms with Crippen molar-refractivity contribution < 1.29 is 4.39 Å². The van der Waals surface area contributed by atoms with E-state index in [-0.39, 0.29) is 11.2 Å². The van der Waals surface area contributed by atoms with Gasteiger partial charge in [0.25, 0.3) is 0 Å². The molecule has 1 atom stereocenters. The maximum atomic E-state index is 13.1. The molecule has 0 bridgehead atoms. The zero-order chi connectivity index (χ0) is 16.7. The third kappa shape index (κ3) is 2.82. The molecule has 0 radical (unpaired) electrons. The first-order valence-electron chi connectivity index (χ1n) is 8.66. The van der Waals surface area contributed by atoms with E-state index in [0.717, 1.165) is 12.8 Å². The third-order valence-corrected chi connectivity index (χ3v) is 6.20. The Morgan fingerprint density at radius 3 is 2.48 bits per heavy atom. The summed E-state index contributed by atoms with van der Waals surface area (Å²) in [5.41, 5.74) is 6.26. The minimum atomic E-state index is -0.163. The van der Waals surface area contributed by atoms with E-state index in [0.29, 0.717) is 5.41 Å². The number of benzene rings is 1. The second-order valence-electron chi connectivity index (χ2n) is 7.92. The molecular weight excluding hydrogens is 283 g/mol. The zero-order valence-electron chi connectivity index (χ0n) is 14.7. The maximum absolute atomic E-state index is 13.1. The summed E-state index contributed by atoms with van der Waals surface area (Å²) in [6.07, 6.45) is 11.3. The zero-order valence-corrected chi connectivity index (χ0v) is 14.7. The molecule has 2 aliphatic carbocycles. The van der Waals surface area contributed by atoms with E-state index in [2.05, 4.69) is 45.9 Å². The molecular formula is C22H27F. The van der Waals surface area contributed by atoms with E-state index in [4.69, 9.17) is 0 Å². The van der Waals surface area contributed by atoms with Gasteiger partial charge in [0.05, 0.1) is 0 Å². The number of allylic oxidation sites excluding steroid dienone is 6. The summed E-state index contributed by atoms with van der Waals surface area (Å²) in [6, 6.07) is 6.93. The highest BCUT2D eigenvalue weighted by atomic mass is 19.1. The van der Waals surface area contributed by atoms with Crippen molar-refractivity contribution in [2.24, 2.45) is 10.8 Å². The lowest BCUT2D eigenvalue weighted by atomic mass is 9.62.